The minimum Gasteiger partial charge on any atom is -0.630 e. The molecule has 0 spiro atoms. The van der Waals surface area contributed by atoms with Crippen LogP contribution in [0, 0.1) is 10.4 Å². The highest BCUT2D eigenvalue weighted by Crippen LogP contribution is 2.32. The molecule has 3 fully saturated rings. The zero-order valence-electron chi connectivity index (χ0n) is 45.2. The van der Waals surface area contributed by atoms with Gasteiger partial charge in [0.1, 0.15) is 0 Å². The van der Waals surface area contributed by atoms with Crippen LogP contribution in [-0.2, 0) is 14.2 Å². The van der Waals surface area contributed by atoms with Crippen LogP contribution in [0.1, 0.15) is 80.1 Å². The molecule has 9 aromatic rings. The predicted octanol–water partition coefficient (Wildman–Crippen LogP) is 3.17. The van der Waals surface area contributed by atoms with E-state index in [0.29, 0.717) is 64.2 Å². The van der Waals surface area contributed by atoms with E-state index in [2.05, 4.69) is 112 Å². The normalized spacial score (nSPS) is 18.9. The molecule has 12 heterocycles. The molecule has 3 atom stereocenters. The minimum atomic E-state index is -0.193. The number of ether oxygens (including phenoxy) is 3. The molecule has 80 heavy (non-hydrogen) atoms. The zero-order valence-corrected chi connectivity index (χ0v) is 45.9. The Kier molecular flexibility index (Phi) is 19.6. The molecule has 426 valence electrons. The van der Waals surface area contributed by atoms with E-state index in [1.807, 2.05) is 0 Å². The molecular formula is C51H68ClN21O7. The van der Waals surface area contributed by atoms with Gasteiger partial charge in [0.25, 0.3) is 0 Å². The van der Waals surface area contributed by atoms with Crippen molar-refractivity contribution in [2.75, 3.05) is 36.2 Å². The van der Waals surface area contributed by atoms with Crippen molar-refractivity contribution < 1.29 is 36.1 Å². The van der Waals surface area contributed by atoms with Gasteiger partial charge in [0, 0.05) is 75.1 Å². The van der Waals surface area contributed by atoms with E-state index in [9.17, 15) is 10.4 Å². The Balaban J connectivity index is 0.000000161. The summed E-state index contributed by atoms with van der Waals surface area (Å²) in [6.45, 7) is 14.7. The maximum atomic E-state index is 11.4. The van der Waals surface area contributed by atoms with E-state index in [0.717, 1.165) is 84.9 Å². The molecule has 0 saturated carbocycles. The van der Waals surface area contributed by atoms with Crippen molar-refractivity contribution in [3.63, 3.8) is 0 Å². The highest BCUT2D eigenvalue weighted by atomic mass is 35.5. The average molecular weight is 1120 g/mol. The van der Waals surface area contributed by atoms with Crippen LogP contribution >= 0.6 is 11.6 Å². The molecule has 3 aliphatic rings. The highest BCUT2D eigenvalue weighted by molar-refractivity contribution is 6.31. The number of hydrogen-bond donors (Lipinski definition) is 6. The van der Waals surface area contributed by atoms with Crippen LogP contribution in [0.5, 0.6) is 0 Å². The van der Waals surface area contributed by atoms with E-state index in [1.54, 1.807) is 100 Å². The number of halogens is 1. The van der Waals surface area contributed by atoms with Crippen molar-refractivity contribution in [1.29, 1.82) is 0 Å². The lowest BCUT2D eigenvalue weighted by Gasteiger charge is -2.36. The van der Waals surface area contributed by atoms with Gasteiger partial charge in [-0.1, -0.05) is 11.6 Å². The number of anilines is 3. The molecule has 3 aliphatic heterocycles. The Hall–Kier alpha value is -7.61. The van der Waals surface area contributed by atoms with Gasteiger partial charge in [-0.05, 0) is 80.1 Å². The van der Waals surface area contributed by atoms with Crippen LogP contribution in [-0.4, -0.2) is 139 Å². The molecule has 9 aromatic heterocycles. The van der Waals surface area contributed by atoms with Gasteiger partial charge in [0.05, 0.1) is 112 Å². The summed E-state index contributed by atoms with van der Waals surface area (Å²) in [5.74, 6) is 2.68. The third-order valence-corrected chi connectivity index (χ3v) is 13.5. The first-order valence-corrected chi connectivity index (χ1v) is 25.8. The fraction of sp³-hybridized carbons (Fsp3) is 0.412. The Morgan fingerprint density at radius 1 is 0.550 bits per heavy atom. The highest BCUT2D eigenvalue weighted by Gasteiger charge is 2.31. The summed E-state index contributed by atoms with van der Waals surface area (Å²) < 4.78 is 22.1. The second-order valence-electron chi connectivity index (χ2n) is 20.8. The molecule has 3 unspecified atom stereocenters. The number of nitrogens with zero attached hydrogens (tertiary/aromatic N) is 15. The lowest BCUT2D eigenvalue weighted by molar-refractivity contribution is -0.497. The van der Waals surface area contributed by atoms with E-state index in [-0.39, 0.29) is 50.7 Å². The van der Waals surface area contributed by atoms with Crippen LogP contribution in [0.4, 0.5) is 28.7 Å². The topological polar surface area (TPSA) is 414 Å². The lowest BCUT2D eigenvalue weighted by atomic mass is 9.94. The van der Waals surface area contributed by atoms with Crippen LogP contribution in [0.3, 0.4) is 0 Å². The van der Waals surface area contributed by atoms with E-state index in [1.165, 1.54) is 6.20 Å². The van der Waals surface area contributed by atoms with Crippen LogP contribution in [0.25, 0.3) is 50.7 Å². The van der Waals surface area contributed by atoms with Crippen molar-refractivity contribution in [2.45, 2.75) is 115 Å². The Labute approximate surface area is 464 Å². The predicted molar refractivity (Wildman–Crippen MR) is 299 cm³/mol. The van der Waals surface area contributed by atoms with E-state index >= 15 is 0 Å². The molecule has 12 rings (SSSR count). The smallest absolute Gasteiger partial charge is 0.194 e. The molecule has 28 nitrogen and oxygen atoms in total. The lowest BCUT2D eigenvalue weighted by Crippen LogP contribution is -2.70. The second kappa shape index (κ2) is 26.1. The van der Waals surface area contributed by atoms with E-state index in [4.69, 9.17) is 37.3 Å². The van der Waals surface area contributed by atoms with Crippen molar-refractivity contribution in [2.24, 2.45) is 5.73 Å². The standard InChI is InChI=1S/C17H21N7O2.C17H21N7O.C10H7ClN6O.C7H15NO.2H2O/c1-17(2)7-11(3-6-26-17)21-16-13(23-25)9-19-15(22-16)12-8-20-24-5-4-18-10-14(12)24;1-17(2)7-11(3-6-25-17)22-16-13(18)9-20-15(23-16)12-8-21-24-5-4-19-10-14(12)24;11-9-7(16-18)4-13-10(15-9)6-3-14-17-2-1-12-5-8(6)17;1-7(2)5-6(8)3-4-9-7;;/h4-5,8-11H,3,6-7,23H2,1-2H3,(H,19,21,22);4-5,8-11H,3,6-7,18H2,1-2H3,(H,20,22,23);1-5H,16H2;6H,3-5,8H2,1-2H3;2*1H2. The first-order valence-electron chi connectivity index (χ1n) is 25.4. The third-order valence-electron chi connectivity index (χ3n) is 13.2. The monoisotopic (exact) mass is 1120 g/mol. The average Bonchev–Trinajstić information content (AvgIpc) is 4.25. The molecule has 0 aromatic carbocycles. The summed E-state index contributed by atoms with van der Waals surface area (Å²) in [5.41, 5.74) is 18.9. The minimum absolute atomic E-state index is 0. The largest absolute Gasteiger partial charge is 0.630 e. The second-order valence-corrected chi connectivity index (χ2v) is 21.2. The van der Waals surface area contributed by atoms with Gasteiger partial charge in [-0.25, -0.2) is 43.5 Å². The summed E-state index contributed by atoms with van der Waals surface area (Å²) in [7, 11) is 0. The maximum Gasteiger partial charge on any atom is 0.194 e. The Morgan fingerprint density at radius 2 is 0.950 bits per heavy atom. The molecule has 29 heteroatoms. The summed E-state index contributed by atoms with van der Waals surface area (Å²) in [4.78, 5) is 38.4. The van der Waals surface area contributed by atoms with E-state index < -0.39 is 0 Å². The molecular weight excluding hydrogens is 1050 g/mol. The number of rotatable bonds is 9. The van der Waals surface area contributed by atoms with Crippen LogP contribution < -0.4 is 33.1 Å². The summed E-state index contributed by atoms with van der Waals surface area (Å²) in [6.07, 6.45) is 30.5. The fourth-order valence-electron chi connectivity index (χ4n) is 9.33. The Morgan fingerprint density at radius 3 is 1.36 bits per heavy atom. The van der Waals surface area contributed by atoms with Gasteiger partial charge in [0.2, 0.25) is 0 Å². The first-order chi connectivity index (χ1) is 37.5. The zero-order chi connectivity index (χ0) is 55.0. The number of quaternary nitrogens is 2. The number of aromatic nitrogens is 15. The quantitative estimate of drug-likeness (QED) is 0.0892. The molecule has 3 saturated heterocycles. The third kappa shape index (κ3) is 14.8. The number of nitrogen functional groups attached to an aromatic ring is 1. The van der Waals surface area contributed by atoms with Gasteiger partial charge in [0.15, 0.2) is 45.6 Å². The number of nitrogens with two attached hydrogens (primary N) is 4. The number of fused-ring (bicyclic) bond motifs is 3. The van der Waals surface area contributed by atoms with Crippen LogP contribution in [0.15, 0.2) is 93.0 Å². The summed E-state index contributed by atoms with van der Waals surface area (Å²) >= 11 is 5.87. The van der Waals surface area contributed by atoms with Gasteiger partial charge in [-0.3, -0.25) is 15.0 Å². The van der Waals surface area contributed by atoms with Crippen molar-refractivity contribution in [3.8, 4) is 34.2 Å². The van der Waals surface area contributed by atoms with Crippen molar-refractivity contribution in [1.82, 2.24) is 73.7 Å². The molecule has 0 bridgehead atoms. The summed E-state index contributed by atoms with van der Waals surface area (Å²) in [5, 5.41) is 41.8. The molecule has 0 radical (unpaired) electrons. The van der Waals surface area contributed by atoms with Crippen molar-refractivity contribution >= 4 is 56.8 Å². The van der Waals surface area contributed by atoms with Gasteiger partial charge in [-0.15, -0.1) is 0 Å². The number of nitrogens with one attached hydrogen (secondary N) is 2. The maximum absolute atomic E-state index is 11.4. The number of hydrogen-bond acceptors (Lipinski definition) is 21. The molecule has 0 amide bonds. The van der Waals surface area contributed by atoms with Gasteiger partial charge < -0.3 is 68.6 Å². The Bertz CT molecular complexity index is 3470. The van der Waals surface area contributed by atoms with Gasteiger partial charge >= 0.3 is 0 Å². The first kappa shape index (κ1) is 60.0. The van der Waals surface area contributed by atoms with Gasteiger partial charge in [-0.2, -0.15) is 15.3 Å². The van der Waals surface area contributed by atoms with Crippen molar-refractivity contribution in [3.05, 3.63) is 109 Å². The SMILES string of the molecule is CC1(C)CC(N)CCO1.CC1(C)CC(Nc2nc(-c3cnn4ccncc34)ncc2N)CCO1.CC1(C)CC(Nc2nc(-c3cnn4ccncc34)ncc2[NH2+][O-])CCO1.O.O.[O-][NH2+]c1cnc(-c2cnn3ccncc23)nc1Cl. The van der Waals surface area contributed by atoms with Crippen LogP contribution in [0.2, 0.25) is 5.15 Å². The molecule has 14 N–H and O–H groups in total. The summed E-state index contributed by atoms with van der Waals surface area (Å²) in [6, 6.07) is 0.805. The fourth-order valence-corrected chi connectivity index (χ4v) is 9.51. The molecule has 0 aliphatic carbocycles.